The number of carbonyl (C=O) groups is 2. The summed E-state index contributed by atoms with van der Waals surface area (Å²) < 4.78 is 16.3. The minimum atomic E-state index is -0.988. The van der Waals surface area contributed by atoms with Crippen molar-refractivity contribution in [3.05, 3.63) is 23.8 Å². The van der Waals surface area contributed by atoms with Gasteiger partial charge in [-0.15, -0.1) is 0 Å². The molecule has 2 aliphatic rings. The standard InChI is InChI=1S/C18H23NO6/c1-23-11-5-6-15(24-2)13(8-11)17-14(18(21)22)9-16(20)19(17)10-12-4-3-7-25-12/h5-6,8,12,14,17H,3-4,7,9-10H2,1-2H3,(H,21,22)/t12-,14-,17+/m0/s1. The van der Waals surface area contributed by atoms with Gasteiger partial charge in [-0.05, 0) is 31.0 Å². The number of ether oxygens (including phenoxy) is 3. The van der Waals surface area contributed by atoms with Crippen LogP contribution in [0, 0.1) is 5.92 Å². The lowest BCUT2D eigenvalue weighted by molar-refractivity contribution is -0.142. The van der Waals surface area contributed by atoms with Gasteiger partial charge < -0.3 is 24.2 Å². The molecule has 2 aliphatic heterocycles. The fraction of sp³-hybridized carbons (Fsp3) is 0.556. The SMILES string of the molecule is COc1ccc(OC)c([C@@H]2[C@@H](C(=O)O)CC(=O)N2C[C@@H]2CCCO2)c1. The normalized spacial score (nSPS) is 26.1. The zero-order valence-corrected chi connectivity index (χ0v) is 14.4. The smallest absolute Gasteiger partial charge is 0.309 e. The monoisotopic (exact) mass is 349 g/mol. The number of aliphatic carboxylic acids is 1. The minimum absolute atomic E-state index is 0.0207. The molecular weight excluding hydrogens is 326 g/mol. The highest BCUT2D eigenvalue weighted by Crippen LogP contribution is 2.43. The van der Waals surface area contributed by atoms with Gasteiger partial charge in [0.25, 0.3) is 0 Å². The molecule has 2 saturated heterocycles. The predicted octanol–water partition coefficient (Wildman–Crippen LogP) is 1.86. The molecule has 3 rings (SSSR count). The van der Waals surface area contributed by atoms with Crippen LogP contribution in [0.2, 0.25) is 0 Å². The first-order valence-electron chi connectivity index (χ1n) is 8.41. The van der Waals surface area contributed by atoms with Crippen molar-refractivity contribution < 1.29 is 28.9 Å². The summed E-state index contributed by atoms with van der Waals surface area (Å²) in [7, 11) is 3.08. The molecule has 7 heteroatoms. The Bertz CT molecular complexity index is 655. The van der Waals surface area contributed by atoms with Crippen molar-refractivity contribution >= 4 is 11.9 Å². The maximum absolute atomic E-state index is 12.5. The van der Waals surface area contributed by atoms with Crippen molar-refractivity contribution in [2.24, 2.45) is 5.92 Å². The summed E-state index contributed by atoms with van der Waals surface area (Å²) in [6.45, 7) is 1.08. The van der Waals surface area contributed by atoms with E-state index in [9.17, 15) is 14.7 Å². The van der Waals surface area contributed by atoms with Crippen molar-refractivity contribution in [2.75, 3.05) is 27.4 Å². The number of nitrogens with zero attached hydrogens (tertiary/aromatic N) is 1. The van der Waals surface area contributed by atoms with Crippen molar-refractivity contribution in [3.63, 3.8) is 0 Å². The highest BCUT2D eigenvalue weighted by atomic mass is 16.5. The third-order valence-electron chi connectivity index (χ3n) is 4.93. The molecule has 0 unspecified atom stereocenters. The second kappa shape index (κ2) is 7.31. The Morgan fingerprint density at radius 1 is 1.36 bits per heavy atom. The first-order chi connectivity index (χ1) is 12.0. The molecule has 0 aliphatic carbocycles. The van der Waals surface area contributed by atoms with E-state index in [1.165, 1.54) is 7.11 Å². The van der Waals surface area contributed by atoms with Crippen LogP contribution in [-0.2, 0) is 14.3 Å². The predicted molar refractivity (Wildman–Crippen MR) is 88.7 cm³/mol. The molecule has 1 aromatic rings. The van der Waals surface area contributed by atoms with E-state index < -0.39 is 17.9 Å². The first kappa shape index (κ1) is 17.5. The van der Waals surface area contributed by atoms with Gasteiger partial charge in [0.15, 0.2) is 0 Å². The average molecular weight is 349 g/mol. The van der Waals surface area contributed by atoms with Gasteiger partial charge in [-0.1, -0.05) is 0 Å². The molecule has 2 fully saturated rings. The summed E-state index contributed by atoms with van der Waals surface area (Å²) in [5, 5.41) is 9.65. The fourth-order valence-electron chi connectivity index (χ4n) is 3.69. The maximum atomic E-state index is 12.5. The molecule has 7 nitrogen and oxygen atoms in total. The minimum Gasteiger partial charge on any atom is -0.497 e. The number of methoxy groups -OCH3 is 2. The summed E-state index contributed by atoms with van der Waals surface area (Å²) in [5.41, 5.74) is 0.651. The number of carboxylic acid groups (broad SMARTS) is 1. The first-order valence-corrected chi connectivity index (χ1v) is 8.41. The molecule has 0 aromatic heterocycles. The number of amides is 1. The molecule has 25 heavy (non-hydrogen) atoms. The highest BCUT2D eigenvalue weighted by molar-refractivity contribution is 5.87. The summed E-state index contributed by atoms with van der Waals surface area (Å²) in [5.74, 6) is -0.841. The van der Waals surface area contributed by atoms with Crippen LogP contribution in [0.1, 0.15) is 30.9 Å². The second-order valence-electron chi connectivity index (χ2n) is 6.38. The van der Waals surface area contributed by atoms with Gasteiger partial charge in [-0.25, -0.2) is 0 Å². The highest BCUT2D eigenvalue weighted by Gasteiger charge is 2.46. The van der Waals surface area contributed by atoms with Gasteiger partial charge in [-0.3, -0.25) is 9.59 Å². The second-order valence-corrected chi connectivity index (χ2v) is 6.38. The van der Waals surface area contributed by atoms with E-state index in [0.717, 1.165) is 12.8 Å². The molecule has 136 valence electrons. The Hall–Kier alpha value is -2.28. The van der Waals surface area contributed by atoms with E-state index in [1.807, 2.05) is 0 Å². The van der Waals surface area contributed by atoms with E-state index in [1.54, 1.807) is 30.2 Å². The maximum Gasteiger partial charge on any atom is 0.309 e. The van der Waals surface area contributed by atoms with Gasteiger partial charge >= 0.3 is 5.97 Å². The van der Waals surface area contributed by atoms with Crippen LogP contribution in [0.3, 0.4) is 0 Å². The van der Waals surface area contributed by atoms with Crippen LogP contribution >= 0.6 is 0 Å². The van der Waals surface area contributed by atoms with Gasteiger partial charge in [0.1, 0.15) is 11.5 Å². The van der Waals surface area contributed by atoms with Crippen LogP contribution in [0.4, 0.5) is 0 Å². The number of hydrogen-bond donors (Lipinski definition) is 1. The molecule has 2 heterocycles. The fourth-order valence-corrected chi connectivity index (χ4v) is 3.69. The van der Waals surface area contributed by atoms with Crippen molar-refractivity contribution in [1.82, 2.24) is 4.90 Å². The van der Waals surface area contributed by atoms with E-state index >= 15 is 0 Å². The average Bonchev–Trinajstić information content (AvgIpc) is 3.23. The molecule has 0 bridgehead atoms. The summed E-state index contributed by atoms with van der Waals surface area (Å²) in [4.78, 5) is 26.0. The topological polar surface area (TPSA) is 85.3 Å². The van der Waals surface area contributed by atoms with E-state index in [-0.39, 0.29) is 18.4 Å². The summed E-state index contributed by atoms with van der Waals surface area (Å²) in [6.07, 6.45) is 1.77. The van der Waals surface area contributed by atoms with E-state index in [2.05, 4.69) is 0 Å². The van der Waals surface area contributed by atoms with Crippen molar-refractivity contribution in [2.45, 2.75) is 31.4 Å². The largest absolute Gasteiger partial charge is 0.497 e. The van der Waals surface area contributed by atoms with E-state index in [0.29, 0.717) is 30.2 Å². The Kier molecular flexibility index (Phi) is 5.13. The van der Waals surface area contributed by atoms with Gasteiger partial charge in [-0.2, -0.15) is 0 Å². The molecule has 0 spiro atoms. The molecule has 0 radical (unpaired) electrons. The molecule has 1 aromatic carbocycles. The third kappa shape index (κ3) is 3.42. The third-order valence-corrected chi connectivity index (χ3v) is 4.93. The molecule has 0 saturated carbocycles. The number of carbonyl (C=O) groups excluding carboxylic acids is 1. The van der Waals surface area contributed by atoms with Crippen LogP contribution in [0.5, 0.6) is 11.5 Å². The molecule has 3 atom stereocenters. The number of benzene rings is 1. The van der Waals surface area contributed by atoms with Crippen molar-refractivity contribution in [1.29, 1.82) is 0 Å². The Morgan fingerprint density at radius 3 is 2.76 bits per heavy atom. The van der Waals surface area contributed by atoms with Crippen molar-refractivity contribution in [3.8, 4) is 11.5 Å². The summed E-state index contributed by atoms with van der Waals surface area (Å²) in [6, 6.07) is 4.64. The quantitative estimate of drug-likeness (QED) is 0.844. The lowest BCUT2D eigenvalue weighted by Crippen LogP contribution is -2.36. The number of likely N-dealkylation sites (tertiary alicyclic amines) is 1. The van der Waals surface area contributed by atoms with Crippen LogP contribution in [0.15, 0.2) is 18.2 Å². The zero-order valence-electron chi connectivity index (χ0n) is 14.4. The van der Waals surface area contributed by atoms with Crippen LogP contribution in [-0.4, -0.2) is 55.4 Å². The molecular formula is C18H23NO6. The Labute approximate surface area is 146 Å². The van der Waals surface area contributed by atoms with Gasteiger partial charge in [0, 0.05) is 25.1 Å². The summed E-state index contributed by atoms with van der Waals surface area (Å²) >= 11 is 0. The lowest BCUT2D eigenvalue weighted by atomic mass is 9.92. The van der Waals surface area contributed by atoms with Gasteiger partial charge in [0.2, 0.25) is 5.91 Å². The molecule has 1 N–H and O–H groups in total. The lowest BCUT2D eigenvalue weighted by Gasteiger charge is -2.30. The Morgan fingerprint density at radius 2 is 2.16 bits per heavy atom. The van der Waals surface area contributed by atoms with Crippen LogP contribution < -0.4 is 9.47 Å². The number of hydrogen-bond acceptors (Lipinski definition) is 5. The van der Waals surface area contributed by atoms with Gasteiger partial charge in [0.05, 0.1) is 32.3 Å². The van der Waals surface area contributed by atoms with Crippen LogP contribution in [0.25, 0.3) is 0 Å². The van der Waals surface area contributed by atoms with E-state index in [4.69, 9.17) is 14.2 Å². The zero-order chi connectivity index (χ0) is 18.0. The molecule has 1 amide bonds. The Balaban J connectivity index is 2.00. The number of carboxylic acids is 1. The number of rotatable bonds is 6.